The van der Waals surface area contributed by atoms with Gasteiger partial charge in [-0.3, -0.25) is 4.79 Å². The molecule has 94 valence electrons. The number of nitrogens with two attached hydrogens (primary N) is 1. The number of carbonyl (C=O) groups excluding carboxylic acids is 1. The summed E-state index contributed by atoms with van der Waals surface area (Å²) in [5.74, 6) is 0.882. The number of nitrogen functional groups attached to an aromatic ring is 1. The number of hydrogen-bond donors (Lipinski definition) is 2. The summed E-state index contributed by atoms with van der Waals surface area (Å²) in [7, 11) is 1.64. The minimum atomic E-state index is 0.0406. The summed E-state index contributed by atoms with van der Waals surface area (Å²) in [6.07, 6.45) is 1.20. The first-order valence-electron chi connectivity index (χ1n) is 5.74. The van der Waals surface area contributed by atoms with E-state index in [1.807, 2.05) is 26.0 Å². The summed E-state index contributed by atoms with van der Waals surface area (Å²) in [5, 5.41) is 2.58. The molecular weight excluding hydrogens is 216 g/mol. The lowest BCUT2D eigenvalue weighted by Crippen LogP contribution is -2.18. The van der Waals surface area contributed by atoms with Crippen LogP contribution >= 0.6 is 0 Å². The predicted octanol–water partition coefficient (Wildman–Crippen LogP) is 1.79. The summed E-state index contributed by atoms with van der Waals surface area (Å²) < 4.78 is 5.63. The number of nitrogens with one attached hydrogen (secondary N) is 1. The largest absolute Gasteiger partial charge is 0.493 e. The Balaban J connectivity index is 2.47. The van der Waals surface area contributed by atoms with Crippen molar-refractivity contribution in [2.75, 3.05) is 19.4 Å². The van der Waals surface area contributed by atoms with E-state index >= 15 is 0 Å². The molecule has 1 rings (SSSR count). The molecule has 0 radical (unpaired) electrons. The first-order chi connectivity index (χ1) is 8.04. The lowest BCUT2D eigenvalue weighted by molar-refractivity contribution is -0.120. The van der Waals surface area contributed by atoms with Gasteiger partial charge in [0.1, 0.15) is 5.75 Å². The van der Waals surface area contributed by atoms with Crippen molar-refractivity contribution in [1.29, 1.82) is 0 Å². The maximum absolute atomic E-state index is 11.0. The molecule has 17 heavy (non-hydrogen) atoms. The van der Waals surface area contributed by atoms with E-state index in [2.05, 4.69) is 5.32 Å². The van der Waals surface area contributed by atoms with E-state index in [9.17, 15) is 4.79 Å². The summed E-state index contributed by atoms with van der Waals surface area (Å²) in [4.78, 5) is 11.0. The monoisotopic (exact) mass is 236 g/mol. The van der Waals surface area contributed by atoms with Crippen LogP contribution in [0, 0.1) is 13.8 Å². The van der Waals surface area contributed by atoms with Crippen LogP contribution in [0.4, 0.5) is 5.69 Å². The second-order valence-electron chi connectivity index (χ2n) is 4.10. The molecule has 1 aromatic carbocycles. The fourth-order valence-corrected chi connectivity index (χ4v) is 1.51. The average Bonchev–Trinajstić information content (AvgIpc) is 2.30. The Hall–Kier alpha value is -1.71. The van der Waals surface area contributed by atoms with Crippen molar-refractivity contribution in [3.8, 4) is 5.75 Å². The van der Waals surface area contributed by atoms with Crippen LogP contribution in [0.3, 0.4) is 0 Å². The zero-order valence-corrected chi connectivity index (χ0v) is 10.7. The summed E-state index contributed by atoms with van der Waals surface area (Å²) in [6, 6.07) is 3.84. The van der Waals surface area contributed by atoms with Crippen LogP contribution in [-0.4, -0.2) is 19.6 Å². The molecule has 0 unspecified atom stereocenters. The van der Waals surface area contributed by atoms with Gasteiger partial charge in [0.2, 0.25) is 5.91 Å². The van der Waals surface area contributed by atoms with Crippen molar-refractivity contribution >= 4 is 11.6 Å². The lowest BCUT2D eigenvalue weighted by Gasteiger charge is -2.11. The Kier molecular flexibility index (Phi) is 4.82. The van der Waals surface area contributed by atoms with Crippen molar-refractivity contribution in [3.63, 3.8) is 0 Å². The van der Waals surface area contributed by atoms with Crippen molar-refractivity contribution in [1.82, 2.24) is 5.32 Å². The third-order valence-corrected chi connectivity index (χ3v) is 2.65. The first-order valence-corrected chi connectivity index (χ1v) is 5.74. The first kappa shape index (κ1) is 13.4. The number of amides is 1. The van der Waals surface area contributed by atoms with E-state index in [0.29, 0.717) is 19.4 Å². The molecule has 1 aromatic rings. The van der Waals surface area contributed by atoms with Gasteiger partial charge in [-0.05, 0) is 43.5 Å². The highest BCUT2D eigenvalue weighted by molar-refractivity contribution is 5.75. The highest BCUT2D eigenvalue weighted by Crippen LogP contribution is 2.24. The normalized spacial score (nSPS) is 10.1. The van der Waals surface area contributed by atoms with Crippen LogP contribution in [-0.2, 0) is 4.79 Å². The topological polar surface area (TPSA) is 64.3 Å². The van der Waals surface area contributed by atoms with Gasteiger partial charge in [-0.2, -0.15) is 0 Å². The number of benzene rings is 1. The molecular formula is C13H20N2O2. The average molecular weight is 236 g/mol. The Morgan fingerprint density at radius 2 is 2.06 bits per heavy atom. The number of rotatable bonds is 5. The quantitative estimate of drug-likeness (QED) is 0.605. The van der Waals surface area contributed by atoms with Crippen LogP contribution in [0.25, 0.3) is 0 Å². The standard InChI is InChI=1S/C13H20N2O2/c1-9-8-12(10(2)7-11(9)14)17-6-4-5-13(16)15-3/h7-8H,4-6,14H2,1-3H3,(H,15,16). The van der Waals surface area contributed by atoms with E-state index in [1.54, 1.807) is 7.05 Å². The molecule has 4 heteroatoms. The molecule has 1 amide bonds. The molecule has 4 nitrogen and oxygen atoms in total. The molecule has 0 atom stereocenters. The molecule has 3 N–H and O–H groups in total. The van der Waals surface area contributed by atoms with Gasteiger partial charge in [-0.25, -0.2) is 0 Å². The molecule has 0 aliphatic rings. The van der Waals surface area contributed by atoms with Crippen LogP contribution < -0.4 is 15.8 Å². The smallest absolute Gasteiger partial charge is 0.219 e. The van der Waals surface area contributed by atoms with Gasteiger partial charge in [-0.15, -0.1) is 0 Å². The molecule has 0 heterocycles. The Bertz CT molecular complexity index is 403. The lowest BCUT2D eigenvalue weighted by atomic mass is 10.1. The molecule has 0 aromatic heterocycles. The van der Waals surface area contributed by atoms with Gasteiger partial charge in [0.25, 0.3) is 0 Å². The highest BCUT2D eigenvalue weighted by atomic mass is 16.5. The van der Waals surface area contributed by atoms with Crippen molar-refractivity contribution in [2.45, 2.75) is 26.7 Å². The second-order valence-corrected chi connectivity index (χ2v) is 4.10. The zero-order chi connectivity index (χ0) is 12.8. The van der Waals surface area contributed by atoms with E-state index < -0.39 is 0 Å². The van der Waals surface area contributed by atoms with Gasteiger partial charge in [0, 0.05) is 19.2 Å². The Morgan fingerprint density at radius 3 is 2.71 bits per heavy atom. The molecule has 0 aliphatic heterocycles. The van der Waals surface area contributed by atoms with Crippen LogP contribution in [0.1, 0.15) is 24.0 Å². The van der Waals surface area contributed by atoms with Crippen molar-refractivity contribution in [3.05, 3.63) is 23.3 Å². The summed E-state index contributed by atoms with van der Waals surface area (Å²) >= 11 is 0. The highest BCUT2D eigenvalue weighted by Gasteiger charge is 2.04. The molecule has 0 aliphatic carbocycles. The van der Waals surface area contributed by atoms with E-state index in [-0.39, 0.29) is 5.91 Å². The minimum Gasteiger partial charge on any atom is -0.493 e. The van der Waals surface area contributed by atoms with Gasteiger partial charge in [0.05, 0.1) is 6.61 Å². The van der Waals surface area contributed by atoms with Gasteiger partial charge < -0.3 is 15.8 Å². The van der Waals surface area contributed by atoms with E-state index in [0.717, 1.165) is 22.6 Å². The van der Waals surface area contributed by atoms with Gasteiger partial charge >= 0.3 is 0 Å². The van der Waals surface area contributed by atoms with Crippen LogP contribution in [0.2, 0.25) is 0 Å². The Morgan fingerprint density at radius 1 is 1.35 bits per heavy atom. The number of hydrogen-bond acceptors (Lipinski definition) is 3. The maximum atomic E-state index is 11.0. The number of anilines is 1. The maximum Gasteiger partial charge on any atom is 0.219 e. The van der Waals surface area contributed by atoms with E-state index in [1.165, 1.54) is 0 Å². The van der Waals surface area contributed by atoms with Gasteiger partial charge in [-0.1, -0.05) is 0 Å². The number of aryl methyl sites for hydroxylation is 2. The fourth-order valence-electron chi connectivity index (χ4n) is 1.51. The van der Waals surface area contributed by atoms with Gasteiger partial charge in [0.15, 0.2) is 0 Å². The van der Waals surface area contributed by atoms with Crippen molar-refractivity contribution in [2.24, 2.45) is 0 Å². The molecule has 0 fully saturated rings. The molecule has 0 saturated carbocycles. The minimum absolute atomic E-state index is 0.0406. The van der Waals surface area contributed by atoms with Crippen LogP contribution in [0.15, 0.2) is 12.1 Å². The molecule has 0 spiro atoms. The van der Waals surface area contributed by atoms with Crippen LogP contribution in [0.5, 0.6) is 5.75 Å². The third kappa shape index (κ3) is 3.98. The second kappa shape index (κ2) is 6.13. The Labute approximate surface area is 102 Å². The molecule has 0 saturated heterocycles. The van der Waals surface area contributed by atoms with Crippen molar-refractivity contribution < 1.29 is 9.53 Å². The van der Waals surface area contributed by atoms with E-state index in [4.69, 9.17) is 10.5 Å². The molecule has 0 bridgehead atoms. The predicted molar refractivity (Wildman–Crippen MR) is 69.1 cm³/mol. The third-order valence-electron chi connectivity index (χ3n) is 2.65. The fraction of sp³-hybridized carbons (Fsp3) is 0.462. The summed E-state index contributed by atoms with van der Waals surface area (Å²) in [6.45, 7) is 4.45. The number of ether oxygens (including phenoxy) is 1. The zero-order valence-electron chi connectivity index (χ0n) is 10.7. The summed E-state index contributed by atoms with van der Waals surface area (Å²) in [5.41, 5.74) is 8.60. The SMILES string of the molecule is CNC(=O)CCCOc1cc(C)c(N)cc1C. The number of carbonyl (C=O) groups is 1.